The fraction of sp³-hybridized carbons (Fsp3) is 0.235. The molecule has 0 radical (unpaired) electrons. The van der Waals surface area contributed by atoms with Gasteiger partial charge in [-0.15, -0.1) is 5.10 Å². The van der Waals surface area contributed by atoms with E-state index in [4.69, 9.17) is 4.74 Å². The van der Waals surface area contributed by atoms with Crippen LogP contribution in [0.2, 0.25) is 0 Å². The van der Waals surface area contributed by atoms with Crippen molar-refractivity contribution in [2.24, 2.45) is 0 Å². The third-order valence-corrected chi connectivity index (χ3v) is 4.73. The van der Waals surface area contributed by atoms with Crippen LogP contribution < -0.4 is 4.90 Å². The van der Waals surface area contributed by atoms with Crippen LogP contribution >= 0.6 is 0 Å². The quantitative estimate of drug-likeness (QED) is 0.596. The van der Waals surface area contributed by atoms with E-state index in [-0.39, 0.29) is 24.5 Å². The Hall–Kier alpha value is -3.05. The summed E-state index contributed by atoms with van der Waals surface area (Å²) < 4.78 is 48.0. The molecule has 1 atom stereocenters. The van der Waals surface area contributed by atoms with Gasteiger partial charge in [0.2, 0.25) is 0 Å². The molecule has 1 aromatic heterocycles. The summed E-state index contributed by atoms with van der Waals surface area (Å²) in [6.45, 7) is -0.258. The minimum absolute atomic E-state index is 0.0411. The summed E-state index contributed by atoms with van der Waals surface area (Å²) in [4.78, 5) is 13.3. The largest absolute Gasteiger partial charge is 0.441 e. The number of carbonyl (C=O) groups is 1. The summed E-state index contributed by atoms with van der Waals surface area (Å²) in [7, 11) is -3.65. The van der Waals surface area contributed by atoms with Crippen molar-refractivity contribution < 1.29 is 26.5 Å². The third-order valence-electron chi connectivity index (χ3n) is 4.17. The first-order valence-electron chi connectivity index (χ1n) is 8.25. The van der Waals surface area contributed by atoms with E-state index in [0.29, 0.717) is 11.0 Å². The van der Waals surface area contributed by atoms with Crippen LogP contribution in [-0.4, -0.2) is 55.0 Å². The number of hydrogen-bond acceptors (Lipinski definition) is 7. The van der Waals surface area contributed by atoms with Gasteiger partial charge in [-0.05, 0) is 30.3 Å². The fourth-order valence-electron chi connectivity index (χ4n) is 2.90. The van der Waals surface area contributed by atoms with Crippen LogP contribution in [-0.2, 0) is 19.0 Å². The van der Waals surface area contributed by atoms with Gasteiger partial charge < -0.3 is 4.74 Å². The second-order valence-corrected chi connectivity index (χ2v) is 7.87. The standard InChI is InChI=1S/C17H15FN4O5S/c1-28(24,25)26-10-12-9-21(17(23)27-12)11-6-7-15(13(18)8-11)22-16-5-3-2-4-14(16)19-20-22/h2-8,12H,9-10H2,1H3/t12-/m1/s1. The monoisotopic (exact) mass is 406 g/mol. The number of fused-ring (bicyclic) bond motifs is 1. The Bertz CT molecular complexity index is 1160. The maximum absolute atomic E-state index is 14.8. The first-order chi connectivity index (χ1) is 13.3. The van der Waals surface area contributed by atoms with Gasteiger partial charge in [0.15, 0.2) is 5.82 Å². The van der Waals surface area contributed by atoms with Gasteiger partial charge in [-0.2, -0.15) is 8.42 Å². The van der Waals surface area contributed by atoms with Crippen molar-refractivity contribution in [3.05, 3.63) is 48.3 Å². The fourth-order valence-corrected chi connectivity index (χ4v) is 3.30. The molecule has 4 rings (SSSR count). The Kier molecular flexibility index (Phi) is 4.47. The number of halogens is 1. The van der Waals surface area contributed by atoms with Gasteiger partial charge >= 0.3 is 6.09 Å². The molecule has 0 N–H and O–H groups in total. The normalized spacial score (nSPS) is 17.3. The van der Waals surface area contributed by atoms with Gasteiger partial charge in [0, 0.05) is 0 Å². The highest BCUT2D eigenvalue weighted by Crippen LogP contribution is 2.26. The average molecular weight is 406 g/mol. The summed E-state index contributed by atoms with van der Waals surface area (Å²) in [5.41, 5.74) is 1.73. The van der Waals surface area contributed by atoms with Crippen molar-refractivity contribution in [1.82, 2.24) is 15.0 Å². The highest BCUT2D eigenvalue weighted by atomic mass is 32.2. The lowest BCUT2D eigenvalue weighted by atomic mass is 10.2. The number of para-hydroxylation sites is 1. The number of benzene rings is 2. The SMILES string of the molecule is CS(=O)(=O)OC[C@H]1CN(c2ccc(-n3nnc4ccccc43)c(F)c2)C(=O)O1. The predicted octanol–water partition coefficient (Wildman–Crippen LogP) is 1.86. The minimum atomic E-state index is -3.65. The number of amides is 1. The van der Waals surface area contributed by atoms with Crippen molar-refractivity contribution in [1.29, 1.82) is 0 Å². The third kappa shape index (κ3) is 3.53. The molecule has 1 amide bonds. The molecule has 1 aliphatic heterocycles. The van der Waals surface area contributed by atoms with E-state index in [1.165, 1.54) is 21.7 Å². The summed E-state index contributed by atoms with van der Waals surface area (Å²) in [6.07, 6.45) is -0.576. The topological polar surface area (TPSA) is 104 Å². The number of aromatic nitrogens is 3. The molecular formula is C17H15FN4O5S. The van der Waals surface area contributed by atoms with Gasteiger partial charge in [0.1, 0.15) is 23.9 Å². The second kappa shape index (κ2) is 6.84. The van der Waals surface area contributed by atoms with Crippen molar-refractivity contribution in [2.45, 2.75) is 6.10 Å². The van der Waals surface area contributed by atoms with Crippen molar-refractivity contribution in [3.63, 3.8) is 0 Å². The lowest BCUT2D eigenvalue weighted by Crippen LogP contribution is -2.26. The van der Waals surface area contributed by atoms with E-state index in [9.17, 15) is 17.6 Å². The van der Waals surface area contributed by atoms with Crippen LogP contribution in [0.1, 0.15) is 0 Å². The molecule has 0 spiro atoms. The van der Waals surface area contributed by atoms with Gasteiger partial charge in [-0.25, -0.2) is 13.9 Å². The Morgan fingerprint density at radius 1 is 1.29 bits per heavy atom. The summed E-state index contributed by atoms with van der Waals surface area (Å²) >= 11 is 0. The first-order valence-corrected chi connectivity index (χ1v) is 10.1. The van der Waals surface area contributed by atoms with E-state index < -0.39 is 28.1 Å². The van der Waals surface area contributed by atoms with Crippen LogP contribution in [0.15, 0.2) is 42.5 Å². The predicted molar refractivity (Wildman–Crippen MR) is 97.2 cm³/mol. The zero-order valence-electron chi connectivity index (χ0n) is 14.6. The van der Waals surface area contributed by atoms with E-state index in [2.05, 4.69) is 14.5 Å². The van der Waals surface area contributed by atoms with Crippen LogP contribution in [0.4, 0.5) is 14.9 Å². The maximum Gasteiger partial charge on any atom is 0.414 e. The number of anilines is 1. The van der Waals surface area contributed by atoms with Crippen LogP contribution in [0.5, 0.6) is 0 Å². The number of cyclic esters (lactones) is 1. The number of rotatable bonds is 5. The van der Waals surface area contributed by atoms with E-state index in [1.54, 1.807) is 24.3 Å². The molecule has 0 saturated carbocycles. The summed E-state index contributed by atoms with van der Waals surface area (Å²) in [5.74, 6) is -0.600. The van der Waals surface area contributed by atoms with E-state index in [0.717, 1.165) is 6.26 Å². The Morgan fingerprint density at radius 3 is 2.82 bits per heavy atom. The molecule has 11 heteroatoms. The maximum atomic E-state index is 14.8. The molecule has 2 aromatic carbocycles. The first kappa shape index (κ1) is 18.3. The minimum Gasteiger partial charge on any atom is -0.441 e. The van der Waals surface area contributed by atoms with Crippen LogP contribution in [0.25, 0.3) is 16.7 Å². The van der Waals surface area contributed by atoms with Crippen molar-refractivity contribution >= 4 is 32.9 Å². The molecular weight excluding hydrogens is 391 g/mol. The highest BCUT2D eigenvalue weighted by Gasteiger charge is 2.33. The zero-order valence-corrected chi connectivity index (χ0v) is 15.5. The molecule has 1 fully saturated rings. The average Bonchev–Trinajstić information content (AvgIpc) is 3.23. The molecule has 146 valence electrons. The van der Waals surface area contributed by atoms with Gasteiger partial charge in [-0.3, -0.25) is 9.08 Å². The second-order valence-electron chi connectivity index (χ2n) is 6.23. The molecule has 1 aliphatic rings. The Balaban J connectivity index is 1.57. The van der Waals surface area contributed by atoms with Crippen molar-refractivity contribution in [3.8, 4) is 5.69 Å². The summed E-state index contributed by atoms with van der Waals surface area (Å²) in [5, 5.41) is 7.97. The summed E-state index contributed by atoms with van der Waals surface area (Å²) in [6, 6.07) is 11.4. The van der Waals surface area contributed by atoms with Gasteiger partial charge in [0.25, 0.3) is 10.1 Å². The van der Waals surface area contributed by atoms with Crippen LogP contribution in [0.3, 0.4) is 0 Å². The Labute approximate surface area is 159 Å². The van der Waals surface area contributed by atoms with Crippen molar-refractivity contribution in [2.75, 3.05) is 24.3 Å². The number of carbonyl (C=O) groups excluding carboxylic acids is 1. The number of nitrogens with zero attached hydrogens (tertiary/aromatic N) is 4. The highest BCUT2D eigenvalue weighted by molar-refractivity contribution is 7.85. The molecule has 0 bridgehead atoms. The van der Waals surface area contributed by atoms with E-state index >= 15 is 0 Å². The van der Waals surface area contributed by atoms with Crippen LogP contribution in [0, 0.1) is 5.82 Å². The molecule has 0 unspecified atom stereocenters. The molecule has 0 aliphatic carbocycles. The molecule has 1 saturated heterocycles. The lowest BCUT2D eigenvalue weighted by molar-refractivity contribution is 0.107. The van der Waals surface area contributed by atoms with Gasteiger partial charge in [0.05, 0.1) is 24.0 Å². The zero-order chi connectivity index (χ0) is 19.9. The van der Waals surface area contributed by atoms with E-state index in [1.807, 2.05) is 6.07 Å². The molecule has 9 nitrogen and oxygen atoms in total. The molecule has 28 heavy (non-hydrogen) atoms. The number of hydrogen-bond donors (Lipinski definition) is 0. The number of ether oxygens (including phenoxy) is 1. The smallest absolute Gasteiger partial charge is 0.414 e. The Morgan fingerprint density at radius 2 is 2.07 bits per heavy atom. The lowest BCUT2D eigenvalue weighted by Gasteiger charge is -2.14. The molecule has 3 aromatic rings. The molecule has 2 heterocycles. The van der Waals surface area contributed by atoms with Gasteiger partial charge in [-0.1, -0.05) is 17.3 Å².